The van der Waals surface area contributed by atoms with Crippen molar-refractivity contribution in [3.05, 3.63) is 38.8 Å². The number of aliphatic hydroxyl groups excluding tert-OH is 1. The Hall–Kier alpha value is -2.48. The van der Waals surface area contributed by atoms with Gasteiger partial charge < -0.3 is 10.1 Å². The fourth-order valence-electron chi connectivity index (χ4n) is 7.68. The lowest BCUT2D eigenvalue weighted by Gasteiger charge is -2.56. The van der Waals surface area contributed by atoms with E-state index in [9.17, 15) is 19.5 Å². The second-order valence-corrected chi connectivity index (χ2v) is 11.4. The zero-order valence-electron chi connectivity index (χ0n) is 20.6. The molecule has 184 valence electrons. The summed E-state index contributed by atoms with van der Waals surface area (Å²) in [4.78, 5) is 41.7. The number of H-pyrrole nitrogens is 1. The quantitative estimate of drug-likeness (QED) is 0.578. The zero-order chi connectivity index (χ0) is 24.4. The number of carbonyl (C=O) groups excluding carboxylic acids is 1. The SMILES string of the molecule is C[C@]12CC[C@H](O)CC1=CC[C@@H]1[C@@H]2CC[C@]2(C)C(=O)CC[C@@H]12.Cn1c(=O)c2[nH]cnc2n(C)c1=O. The lowest BCUT2D eigenvalue weighted by Crippen LogP contribution is -2.50. The summed E-state index contributed by atoms with van der Waals surface area (Å²) >= 11 is 0. The molecule has 0 aromatic carbocycles. The van der Waals surface area contributed by atoms with Crippen LogP contribution in [-0.4, -0.2) is 36.1 Å². The summed E-state index contributed by atoms with van der Waals surface area (Å²) in [6.45, 7) is 4.69. The second kappa shape index (κ2) is 8.04. The zero-order valence-corrected chi connectivity index (χ0v) is 20.6. The minimum Gasteiger partial charge on any atom is -0.393 e. The lowest BCUT2D eigenvalue weighted by molar-refractivity contribution is -0.132. The van der Waals surface area contributed by atoms with Crippen LogP contribution in [0.15, 0.2) is 27.6 Å². The Morgan fingerprint density at radius 1 is 1.03 bits per heavy atom. The number of hydrogen-bond acceptors (Lipinski definition) is 5. The molecule has 3 saturated carbocycles. The molecule has 2 N–H and O–H groups in total. The summed E-state index contributed by atoms with van der Waals surface area (Å²) in [6.07, 6.45) is 12.1. The van der Waals surface area contributed by atoms with Crippen molar-refractivity contribution in [2.45, 2.75) is 71.3 Å². The Bertz CT molecular complexity index is 1290. The standard InChI is InChI=1S/C19H28O2.C7H8N4O2/c1-18-9-7-13(20)11-12(18)3-4-14-15-5-6-17(21)19(15,2)10-8-16(14)18;1-10-5-4(8-3-9-5)6(12)11(2)7(10)13/h3,13-16,20H,4-11H2,1-2H3;3H,1-2H3,(H,8,9)/t13-,14-,15-,16-,18-,19-;/m0./s1. The number of nitrogens with one attached hydrogen (secondary N) is 1. The smallest absolute Gasteiger partial charge is 0.332 e. The highest BCUT2D eigenvalue weighted by Gasteiger charge is 2.58. The monoisotopic (exact) mass is 468 g/mol. The van der Waals surface area contributed by atoms with E-state index >= 15 is 0 Å². The van der Waals surface area contributed by atoms with Crippen LogP contribution in [0.3, 0.4) is 0 Å². The first kappa shape index (κ1) is 23.3. The number of nitrogens with zero attached hydrogens (tertiary/aromatic N) is 3. The predicted molar refractivity (Wildman–Crippen MR) is 129 cm³/mol. The molecule has 0 amide bonds. The molecule has 0 radical (unpaired) electrons. The van der Waals surface area contributed by atoms with Crippen LogP contribution in [0.5, 0.6) is 0 Å². The maximum Gasteiger partial charge on any atom is 0.332 e. The first-order valence-corrected chi connectivity index (χ1v) is 12.6. The van der Waals surface area contributed by atoms with E-state index in [1.807, 2.05) is 0 Å². The minimum absolute atomic E-state index is 0.0168. The van der Waals surface area contributed by atoms with Gasteiger partial charge >= 0.3 is 5.69 Å². The fraction of sp³-hybridized carbons (Fsp3) is 0.692. The van der Waals surface area contributed by atoms with Crippen molar-refractivity contribution in [1.82, 2.24) is 19.1 Å². The lowest BCUT2D eigenvalue weighted by atomic mass is 9.48. The molecule has 4 aliphatic carbocycles. The molecule has 0 saturated heterocycles. The number of allylic oxidation sites excluding steroid dienone is 1. The van der Waals surface area contributed by atoms with Crippen LogP contribution in [0.4, 0.5) is 0 Å². The number of rotatable bonds is 0. The van der Waals surface area contributed by atoms with Gasteiger partial charge in [0, 0.05) is 25.9 Å². The molecule has 6 rings (SSSR count). The summed E-state index contributed by atoms with van der Waals surface area (Å²) in [7, 11) is 3.01. The average Bonchev–Trinajstić information content (AvgIpc) is 3.42. The van der Waals surface area contributed by atoms with Crippen LogP contribution in [0.2, 0.25) is 0 Å². The Kier molecular flexibility index (Phi) is 5.50. The maximum atomic E-state index is 12.4. The van der Waals surface area contributed by atoms with Crippen LogP contribution in [0.25, 0.3) is 11.2 Å². The number of imidazole rings is 1. The molecule has 2 aromatic heterocycles. The third kappa shape index (κ3) is 3.28. The number of hydrogen-bond donors (Lipinski definition) is 2. The van der Waals surface area contributed by atoms with Gasteiger partial charge in [-0.2, -0.15) is 0 Å². The second-order valence-electron chi connectivity index (χ2n) is 11.4. The number of fused-ring (bicyclic) bond motifs is 6. The Labute approximate surface area is 199 Å². The maximum absolute atomic E-state index is 12.4. The molecule has 0 aliphatic heterocycles. The van der Waals surface area contributed by atoms with Crippen LogP contribution >= 0.6 is 0 Å². The highest BCUT2D eigenvalue weighted by atomic mass is 16.3. The van der Waals surface area contributed by atoms with Gasteiger partial charge in [0.15, 0.2) is 5.65 Å². The van der Waals surface area contributed by atoms with Crippen molar-refractivity contribution in [3.8, 4) is 0 Å². The van der Waals surface area contributed by atoms with E-state index in [4.69, 9.17) is 0 Å². The third-order valence-corrected chi connectivity index (χ3v) is 9.82. The Morgan fingerprint density at radius 3 is 2.50 bits per heavy atom. The minimum atomic E-state index is -0.371. The van der Waals surface area contributed by atoms with Gasteiger partial charge in [-0.3, -0.25) is 18.7 Å². The first-order valence-electron chi connectivity index (χ1n) is 12.6. The van der Waals surface area contributed by atoms with Gasteiger partial charge in [0.05, 0.1) is 12.4 Å². The summed E-state index contributed by atoms with van der Waals surface area (Å²) in [6, 6.07) is 0. The largest absolute Gasteiger partial charge is 0.393 e. The summed E-state index contributed by atoms with van der Waals surface area (Å²) in [5.41, 5.74) is 1.82. The molecule has 2 aromatic rings. The van der Waals surface area contributed by atoms with Crippen LogP contribution in [0, 0.1) is 28.6 Å². The van der Waals surface area contributed by atoms with Gasteiger partial charge in [0.2, 0.25) is 0 Å². The molecule has 0 bridgehead atoms. The number of aliphatic hydroxyl groups is 1. The molecule has 4 aliphatic rings. The third-order valence-electron chi connectivity index (χ3n) is 9.82. The normalized spacial score (nSPS) is 36.7. The van der Waals surface area contributed by atoms with Crippen LogP contribution in [-0.2, 0) is 18.9 Å². The molecule has 2 heterocycles. The number of carbonyl (C=O) groups is 1. The number of aryl methyl sites for hydroxylation is 1. The molecule has 6 atom stereocenters. The van der Waals surface area contributed by atoms with E-state index in [-0.39, 0.29) is 22.8 Å². The van der Waals surface area contributed by atoms with E-state index in [1.54, 1.807) is 7.05 Å². The highest BCUT2D eigenvalue weighted by molar-refractivity contribution is 5.87. The molecule has 3 fully saturated rings. The number of aromatic amines is 1. The fourth-order valence-corrected chi connectivity index (χ4v) is 7.68. The van der Waals surface area contributed by atoms with Crippen LogP contribution < -0.4 is 11.2 Å². The Morgan fingerprint density at radius 2 is 1.74 bits per heavy atom. The number of ketones is 1. The number of Topliss-reactive ketones (excluding diaryl/α,β-unsaturated/α-hetero) is 1. The van der Waals surface area contributed by atoms with Crippen LogP contribution in [0.1, 0.15) is 65.2 Å². The number of aromatic nitrogens is 4. The highest BCUT2D eigenvalue weighted by Crippen LogP contribution is 2.63. The molecule has 0 spiro atoms. The van der Waals surface area contributed by atoms with Crippen molar-refractivity contribution in [3.63, 3.8) is 0 Å². The van der Waals surface area contributed by atoms with E-state index in [2.05, 4.69) is 29.9 Å². The van der Waals surface area contributed by atoms with Crippen molar-refractivity contribution in [1.29, 1.82) is 0 Å². The summed E-state index contributed by atoms with van der Waals surface area (Å²) in [5, 5.41) is 10.00. The van der Waals surface area contributed by atoms with Crippen molar-refractivity contribution in [2.24, 2.45) is 42.7 Å². The van der Waals surface area contributed by atoms with E-state index in [0.717, 1.165) is 55.4 Å². The molecule has 8 heteroatoms. The van der Waals surface area contributed by atoms with Crippen molar-refractivity contribution >= 4 is 16.9 Å². The van der Waals surface area contributed by atoms with Gasteiger partial charge in [0.1, 0.15) is 11.3 Å². The van der Waals surface area contributed by atoms with Crippen molar-refractivity contribution in [2.75, 3.05) is 0 Å². The van der Waals surface area contributed by atoms with Gasteiger partial charge in [-0.05, 0) is 68.1 Å². The first-order chi connectivity index (χ1) is 16.1. The molecular weight excluding hydrogens is 432 g/mol. The van der Waals surface area contributed by atoms with Gasteiger partial charge in [-0.25, -0.2) is 9.78 Å². The summed E-state index contributed by atoms with van der Waals surface area (Å²) < 4.78 is 2.37. The van der Waals surface area contributed by atoms with E-state index in [1.165, 1.54) is 29.9 Å². The molecule has 34 heavy (non-hydrogen) atoms. The van der Waals surface area contributed by atoms with E-state index in [0.29, 0.717) is 34.2 Å². The summed E-state index contributed by atoms with van der Waals surface area (Å²) in [5.74, 6) is 2.60. The predicted octanol–water partition coefficient (Wildman–Crippen LogP) is 2.84. The van der Waals surface area contributed by atoms with Crippen molar-refractivity contribution < 1.29 is 9.90 Å². The van der Waals surface area contributed by atoms with Gasteiger partial charge in [-0.15, -0.1) is 0 Å². The molecule has 8 nitrogen and oxygen atoms in total. The Balaban J connectivity index is 0.000000159. The van der Waals surface area contributed by atoms with Gasteiger partial charge in [0.25, 0.3) is 5.56 Å². The van der Waals surface area contributed by atoms with E-state index < -0.39 is 0 Å². The average molecular weight is 469 g/mol. The van der Waals surface area contributed by atoms with Gasteiger partial charge in [-0.1, -0.05) is 25.5 Å². The molecule has 0 unspecified atom stereocenters. The molecular formula is C26H36N4O4. The topological polar surface area (TPSA) is 110 Å².